The van der Waals surface area contributed by atoms with E-state index in [0.717, 1.165) is 0 Å². The van der Waals surface area contributed by atoms with E-state index in [1.807, 2.05) is 0 Å². The molecule has 5 nitrogen and oxygen atoms in total. The highest BCUT2D eigenvalue weighted by Crippen LogP contribution is 2.02. The van der Waals surface area contributed by atoms with Gasteiger partial charge in [-0.25, -0.2) is 0 Å². The van der Waals surface area contributed by atoms with Crippen LogP contribution >= 0.6 is 0 Å². The molecule has 0 aliphatic rings. The number of hydrogen-bond donors (Lipinski definition) is 2. The fourth-order valence-electron chi connectivity index (χ4n) is 1.19. The van der Waals surface area contributed by atoms with Gasteiger partial charge in [0.05, 0.1) is 10.9 Å². The molecule has 0 saturated carbocycles. The molecule has 0 saturated heterocycles. The maximum absolute atomic E-state index is 11.4. The molecule has 2 rings (SSSR count). The van der Waals surface area contributed by atoms with Gasteiger partial charge in [0.25, 0.3) is 11.1 Å². The van der Waals surface area contributed by atoms with Gasteiger partial charge in [-0.15, -0.1) is 0 Å². The van der Waals surface area contributed by atoms with Crippen molar-refractivity contribution in [3.63, 3.8) is 0 Å². The molecule has 14 heavy (non-hydrogen) atoms. The van der Waals surface area contributed by atoms with Crippen molar-refractivity contribution in [3.05, 3.63) is 45.0 Å². The van der Waals surface area contributed by atoms with Gasteiger partial charge in [-0.05, 0) is 12.1 Å². The Bertz CT molecular complexity index is 604. The smallest absolute Gasteiger partial charge is 0.291 e. The van der Waals surface area contributed by atoms with Crippen LogP contribution in [0.25, 0.3) is 10.9 Å². The van der Waals surface area contributed by atoms with Crippen molar-refractivity contribution in [2.75, 3.05) is 5.73 Å². The topological polar surface area (TPSA) is 88.8 Å². The number of para-hydroxylation sites is 1. The second-order valence-corrected chi connectivity index (χ2v) is 2.80. The second kappa shape index (κ2) is 2.95. The van der Waals surface area contributed by atoms with Crippen LogP contribution in [0.3, 0.4) is 0 Å². The van der Waals surface area contributed by atoms with Crippen molar-refractivity contribution < 1.29 is 0 Å². The molecule has 1 aromatic heterocycles. The first kappa shape index (κ1) is 8.43. The average Bonchev–Trinajstić information content (AvgIpc) is 2.27. The number of aromatic amines is 1. The summed E-state index contributed by atoms with van der Waals surface area (Å²) in [6.07, 6.45) is 0. The Labute approximate surface area is 78.2 Å². The normalized spacial score (nSPS) is 10.3. The first-order valence-corrected chi connectivity index (χ1v) is 3.97. The second-order valence-electron chi connectivity index (χ2n) is 2.80. The lowest BCUT2D eigenvalue weighted by molar-refractivity contribution is 1.24. The average molecular weight is 189 g/mol. The monoisotopic (exact) mass is 189 g/mol. The molecule has 0 radical (unpaired) electrons. The Morgan fingerprint density at radius 1 is 1.21 bits per heavy atom. The molecule has 1 heterocycles. The SMILES string of the molecule is Nc1nc(=O)c2ccccc2[nH]c1=O. The van der Waals surface area contributed by atoms with Crippen molar-refractivity contribution in [1.82, 2.24) is 9.97 Å². The van der Waals surface area contributed by atoms with Crippen molar-refractivity contribution in [2.45, 2.75) is 0 Å². The molecular formula is C9H7N3O2. The molecule has 0 aliphatic heterocycles. The number of rotatable bonds is 0. The number of aromatic nitrogens is 2. The summed E-state index contributed by atoms with van der Waals surface area (Å²) in [7, 11) is 0. The van der Waals surface area contributed by atoms with Crippen LogP contribution in [0.2, 0.25) is 0 Å². The van der Waals surface area contributed by atoms with Gasteiger partial charge in [0, 0.05) is 0 Å². The van der Waals surface area contributed by atoms with Gasteiger partial charge in [0.2, 0.25) is 0 Å². The molecule has 0 amide bonds. The van der Waals surface area contributed by atoms with Gasteiger partial charge >= 0.3 is 0 Å². The molecule has 5 heteroatoms. The van der Waals surface area contributed by atoms with Crippen LogP contribution in [0.15, 0.2) is 33.9 Å². The molecule has 3 N–H and O–H groups in total. The molecule has 0 bridgehead atoms. The zero-order chi connectivity index (χ0) is 10.1. The number of benzene rings is 1. The van der Waals surface area contributed by atoms with Crippen molar-refractivity contribution in [1.29, 1.82) is 0 Å². The number of nitrogens with zero attached hydrogens (tertiary/aromatic N) is 1. The van der Waals surface area contributed by atoms with Crippen LogP contribution in [0.1, 0.15) is 0 Å². The molecule has 0 aliphatic carbocycles. The summed E-state index contributed by atoms with van der Waals surface area (Å²) in [6.45, 7) is 0. The van der Waals surface area contributed by atoms with Gasteiger partial charge in [0.1, 0.15) is 0 Å². The lowest BCUT2D eigenvalue weighted by atomic mass is 10.2. The molecule has 1 aromatic carbocycles. The van der Waals surface area contributed by atoms with Crippen LogP contribution in [0.4, 0.5) is 5.82 Å². The summed E-state index contributed by atoms with van der Waals surface area (Å²) < 4.78 is 0. The number of anilines is 1. The highest BCUT2D eigenvalue weighted by molar-refractivity contribution is 5.76. The van der Waals surface area contributed by atoms with Crippen LogP contribution < -0.4 is 16.9 Å². The standard InChI is InChI=1S/C9H7N3O2/c10-7-9(14)11-6-4-2-1-3-5(6)8(13)12-7/h1-4H,(H3,10,11,12,13,14). The van der Waals surface area contributed by atoms with Gasteiger partial charge in [-0.3, -0.25) is 9.59 Å². The Kier molecular flexibility index (Phi) is 1.78. The summed E-state index contributed by atoms with van der Waals surface area (Å²) in [5.41, 5.74) is 4.65. The minimum absolute atomic E-state index is 0.314. The number of H-pyrrole nitrogens is 1. The first-order valence-electron chi connectivity index (χ1n) is 3.97. The Hall–Kier alpha value is -2.17. The van der Waals surface area contributed by atoms with E-state index in [0.29, 0.717) is 10.9 Å². The third kappa shape index (κ3) is 1.24. The fourth-order valence-corrected chi connectivity index (χ4v) is 1.19. The van der Waals surface area contributed by atoms with Crippen LogP contribution in [0.5, 0.6) is 0 Å². The first-order chi connectivity index (χ1) is 6.68. The zero-order valence-corrected chi connectivity index (χ0v) is 7.15. The highest BCUT2D eigenvalue weighted by atomic mass is 16.1. The quantitative estimate of drug-likeness (QED) is 0.604. The van der Waals surface area contributed by atoms with Crippen LogP contribution in [-0.2, 0) is 0 Å². The largest absolute Gasteiger partial charge is 0.379 e. The number of hydrogen-bond acceptors (Lipinski definition) is 4. The molecule has 0 atom stereocenters. The maximum Gasteiger partial charge on any atom is 0.291 e. The maximum atomic E-state index is 11.4. The van der Waals surface area contributed by atoms with Gasteiger partial charge < -0.3 is 10.7 Å². The number of nitrogens with two attached hydrogens (primary N) is 1. The fraction of sp³-hybridized carbons (Fsp3) is 0. The van der Waals surface area contributed by atoms with Crippen LogP contribution in [0, 0.1) is 0 Å². The number of nitrogen functional groups attached to an aromatic ring is 1. The molecule has 70 valence electrons. The third-order valence-electron chi connectivity index (χ3n) is 1.86. The van der Waals surface area contributed by atoms with Crippen molar-refractivity contribution >= 4 is 16.7 Å². The van der Waals surface area contributed by atoms with Gasteiger partial charge in [-0.1, -0.05) is 12.1 Å². The van der Waals surface area contributed by atoms with E-state index >= 15 is 0 Å². The summed E-state index contributed by atoms with van der Waals surface area (Å²) in [6, 6.07) is 6.62. The van der Waals surface area contributed by atoms with E-state index in [4.69, 9.17) is 5.73 Å². The highest BCUT2D eigenvalue weighted by Gasteiger charge is 2.00. The molecule has 2 aromatic rings. The third-order valence-corrected chi connectivity index (χ3v) is 1.86. The van der Waals surface area contributed by atoms with Crippen molar-refractivity contribution in [3.8, 4) is 0 Å². The minimum Gasteiger partial charge on any atom is -0.379 e. The van der Waals surface area contributed by atoms with Crippen molar-refractivity contribution in [2.24, 2.45) is 0 Å². The lowest BCUT2D eigenvalue weighted by Crippen LogP contribution is -2.12. The predicted molar refractivity (Wildman–Crippen MR) is 53.0 cm³/mol. The molecule has 0 fully saturated rings. The number of fused-ring (bicyclic) bond motifs is 1. The summed E-state index contributed by atoms with van der Waals surface area (Å²) in [5, 5.41) is 0.348. The summed E-state index contributed by atoms with van der Waals surface area (Å²) >= 11 is 0. The van der Waals surface area contributed by atoms with E-state index in [2.05, 4.69) is 9.97 Å². The Morgan fingerprint density at radius 3 is 2.71 bits per heavy atom. The number of nitrogens with one attached hydrogen (secondary N) is 1. The van der Waals surface area contributed by atoms with Gasteiger partial charge in [-0.2, -0.15) is 4.98 Å². The van der Waals surface area contributed by atoms with Crippen LogP contribution in [-0.4, -0.2) is 9.97 Å². The minimum atomic E-state index is -0.552. The van der Waals surface area contributed by atoms with Gasteiger partial charge in [0.15, 0.2) is 5.82 Å². The Morgan fingerprint density at radius 2 is 1.93 bits per heavy atom. The zero-order valence-electron chi connectivity index (χ0n) is 7.15. The molecular weight excluding hydrogens is 182 g/mol. The Balaban J connectivity index is 3.13. The van der Waals surface area contributed by atoms with E-state index in [1.54, 1.807) is 24.3 Å². The van der Waals surface area contributed by atoms with E-state index in [9.17, 15) is 9.59 Å². The van der Waals surface area contributed by atoms with E-state index in [1.165, 1.54) is 0 Å². The summed E-state index contributed by atoms with van der Waals surface area (Å²) in [4.78, 5) is 28.5. The molecule has 0 unspecified atom stereocenters. The van der Waals surface area contributed by atoms with E-state index in [-0.39, 0.29) is 5.82 Å². The van der Waals surface area contributed by atoms with E-state index < -0.39 is 11.1 Å². The molecule has 0 spiro atoms. The predicted octanol–water partition coefficient (Wildman–Crippen LogP) is -0.135. The lowest BCUT2D eigenvalue weighted by Gasteiger charge is -1.86. The summed E-state index contributed by atoms with van der Waals surface area (Å²) in [5.74, 6) is -0.314.